The molecule has 1 aromatic heterocycles. The highest BCUT2D eigenvalue weighted by Crippen LogP contribution is 2.27. The van der Waals surface area contributed by atoms with Crippen LogP contribution in [0, 0.1) is 6.92 Å². The van der Waals surface area contributed by atoms with E-state index < -0.39 is 11.9 Å². The van der Waals surface area contributed by atoms with E-state index in [1.807, 2.05) is 0 Å². The van der Waals surface area contributed by atoms with Crippen molar-refractivity contribution in [3.8, 4) is 11.6 Å². The molecule has 1 amide bonds. The summed E-state index contributed by atoms with van der Waals surface area (Å²) < 4.78 is 1.30. The van der Waals surface area contributed by atoms with Crippen molar-refractivity contribution in [2.45, 2.75) is 13.8 Å². The Hall–Kier alpha value is -4.99. The van der Waals surface area contributed by atoms with Gasteiger partial charge in [0.15, 0.2) is 0 Å². The summed E-state index contributed by atoms with van der Waals surface area (Å²) in [5.41, 5.74) is 2.95. The lowest BCUT2D eigenvalue weighted by Crippen LogP contribution is -2.21. The summed E-state index contributed by atoms with van der Waals surface area (Å²) in [4.78, 5) is 34.9. The van der Waals surface area contributed by atoms with Crippen molar-refractivity contribution in [1.29, 1.82) is 0 Å². The first kappa shape index (κ1) is 23.2. The first-order chi connectivity index (χ1) is 16.7. The molecule has 35 heavy (non-hydrogen) atoms. The van der Waals surface area contributed by atoms with Crippen molar-refractivity contribution in [3.05, 3.63) is 88.6 Å². The summed E-state index contributed by atoms with van der Waals surface area (Å²) >= 11 is 0. The summed E-state index contributed by atoms with van der Waals surface area (Å²) in [6, 6.07) is 11.7. The predicted molar refractivity (Wildman–Crippen MR) is 128 cm³/mol. The minimum atomic E-state index is -1.06. The van der Waals surface area contributed by atoms with Gasteiger partial charge in [0.2, 0.25) is 5.88 Å². The van der Waals surface area contributed by atoms with Gasteiger partial charge in [0.25, 0.3) is 5.91 Å². The number of amides is 1. The Bertz CT molecular complexity index is 1430. The maximum Gasteiger partial charge on any atom is 0.335 e. The third-order valence-electron chi connectivity index (χ3n) is 5.39. The third kappa shape index (κ3) is 4.44. The van der Waals surface area contributed by atoms with E-state index in [2.05, 4.69) is 10.2 Å². The Balaban J connectivity index is 1.55. The van der Waals surface area contributed by atoms with Gasteiger partial charge in [-0.15, -0.1) is 0 Å². The van der Waals surface area contributed by atoms with E-state index in [1.165, 1.54) is 46.1 Å². The highest BCUT2D eigenvalue weighted by atomic mass is 16.4. The van der Waals surface area contributed by atoms with Gasteiger partial charge < -0.3 is 15.3 Å². The lowest BCUT2D eigenvalue weighted by atomic mass is 10.1. The van der Waals surface area contributed by atoms with E-state index in [1.54, 1.807) is 44.2 Å². The number of aryl methyl sites for hydroxylation is 1. The summed E-state index contributed by atoms with van der Waals surface area (Å²) in [6.07, 6.45) is 4.78. The molecule has 0 bridgehead atoms. The molecule has 0 radical (unpaired) electrons. The summed E-state index contributed by atoms with van der Waals surface area (Å²) in [5, 5.41) is 38.5. The fourth-order valence-electron chi connectivity index (χ4n) is 3.52. The number of anilines is 1. The van der Waals surface area contributed by atoms with Gasteiger partial charge in [0, 0.05) is 0 Å². The standard InChI is InChI=1S/C25H20N4O6/c1-14-20(22(30)28(26-14)18-10-6-16(7-11-18)24(32)33)4-3-5-21-15(2)27-29(23(21)31)19-12-8-17(9-13-19)25(34)35/h3-13,30H,1-2H3,(H,32,33)(H,34,35). The van der Waals surface area contributed by atoms with Crippen molar-refractivity contribution in [2.24, 2.45) is 5.10 Å². The van der Waals surface area contributed by atoms with E-state index >= 15 is 0 Å². The topological polar surface area (TPSA) is 145 Å². The fraction of sp³-hybridized carbons (Fsp3) is 0.0800. The quantitative estimate of drug-likeness (QED) is 0.464. The van der Waals surface area contributed by atoms with Crippen LogP contribution in [-0.4, -0.2) is 48.7 Å². The number of carbonyl (C=O) groups excluding carboxylic acids is 1. The Labute approximate surface area is 199 Å². The van der Waals surface area contributed by atoms with E-state index in [0.29, 0.717) is 33.9 Å². The number of aromatic carboxylic acids is 2. The number of aromatic nitrogens is 2. The Kier molecular flexibility index (Phi) is 6.03. The van der Waals surface area contributed by atoms with Crippen LogP contribution in [0.4, 0.5) is 5.69 Å². The second-order valence-corrected chi connectivity index (χ2v) is 7.68. The van der Waals surface area contributed by atoms with Crippen LogP contribution in [0.1, 0.15) is 38.9 Å². The molecule has 2 aromatic carbocycles. The molecule has 0 saturated heterocycles. The maximum absolute atomic E-state index is 12.9. The van der Waals surface area contributed by atoms with E-state index in [4.69, 9.17) is 10.2 Å². The van der Waals surface area contributed by atoms with Crippen LogP contribution >= 0.6 is 0 Å². The van der Waals surface area contributed by atoms with Crippen LogP contribution in [0.5, 0.6) is 5.88 Å². The van der Waals surface area contributed by atoms with E-state index in [9.17, 15) is 19.5 Å². The lowest BCUT2D eigenvalue weighted by molar-refractivity contribution is -0.114. The molecule has 0 unspecified atom stereocenters. The molecule has 10 nitrogen and oxygen atoms in total. The SMILES string of the molecule is CC1=NN(c2ccc(C(=O)O)cc2)C(=O)C1=CC=Cc1c(C)nn(-c2ccc(C(=O)O)cc2)c1O. The summed E-state index contributed by atoms with van der Waals surface area (Å²) in [7, 11) is 0. The number of aromatic hydroxyl groups is 1. The van der Waals surface area contributed by atoms with Crippen LogP contribution in [0.25, 0.3) is 11.8 Å². The molecule has 1 aliphatic heterocycles. The molecule has 3 N–H and O–H groups in total. The number of hydrogen-bond acceptors (Lipinski definition) is 6. The zero-order valence-corrected chi connectivity index (χ0v) is 18.7. The number of carboxylic acids is 2. The average molecular weight is 472 g/mol. The molecule has 0 saturated carbocycles. The predicted octanol–water partition coefficient (Wildman–Crippen LogP) is 3.65. The van der Waals surface area contributed by atoms with Crippen LogP contribution in [0.3, 0.4) is 0 Å². The molecule has 2 heterocycles. The zero-order valence-electron chi connectivity index (χ0n) is 18.7. The van der Waals surface area contributed by atoms with Crippen LogP contribution in [0.15, 0.2) is 71.4 Å². The van der Waals surface area contributed by atoms with Crippen molar-refractivity contribution in [1.82, 2.24) is 9.78 Å². The average Bonchev–Trinajstić information content (AvgIpc) is 3.28. The van der Waals surface area contributed by atoms with Gasteiger partial charge >= 0.3 is 11.9 Å². The van der Waals surface area contributed by atoms with Crippen LogP contribution in [-0.2, 0) is 4.79 Å². The molecule has 1 aliphatic rings. The van der Waals surface area contributed by atoms with E-state index in [0.717, 1.165) is 0 Å². The number of hydrazone groups is 1. The molecule has 0 fully saturated rings. The molecule has 0 spiro atoms. The van der Waals surface area contributed by atoms with Gasteiger partial charge in [0.05, 0.1) is 45.0 Å². The number of nitrogens with zero attached hydrogens (tertiary/aromatic N) is 4. The molecular formula is C25H20N4O6. The number of hydrogen-bond donors (Lipinski definition) is 3. The molecule has 10 heteroatoms. The second kappa shape index (κ2) is 9.10. The number of carbonyl (C=O) groups is 3. The summed E-state index contributed by atoms with van der Waals surface area (Å²) in [5.74, 6) is -2.62. The highest BCUT2D eigenvalue weighted by Gasteiger charge is 2.28. The fourth-order valence-corrected chi connectivity index (χ4v) is 3.52. The molecule has 4 rings (SSSR count). The summed E-state index contributed by atoms with van der Waals surface area (Å²) in [6.45, 7) is 3.40. The Morgan fingerprint density at radius 1 is 0.886 bits per heavy atom. The van der Waals surface area contributed by atoms with Gasteiger partial charge in [-0.1, -0.05) is 6.08 Å². The van der Waals surface area contributed by atoms with Gasteiger partial charge in [0.1, 0.15) is 0 Å². The largest absolute Gasteiger partial charge is 0.493 e. The lowest BCUT2D eigenvalue weighted by Gasteiger charge is -2.11. The van der Waals surface area contributed by atoms with Crippen LogP contribution in [0.2, 0.25) is 0 Å². The molecule has 0 atom stereocenters. The first-order valence-corrected chi connectivity index (χ1v) is 10.4. The number of allylic oxidation sites excluding steroid dienone is 2. The Morgan fingerprint density at radius 2 is 1.43 bits per heavy atom. The smallest absolute Gasteiger partial charge is 0.335 e. The van der Waals surface area contributed by atoms with Gasteiger partial charge in [-0.2, -0.15) is 15.2 Å². The van der Waals surface area contributed by atoms with Gasteiger partial charge in [-0.3, -0.25) is 4.79 Å². The van der Waals surface area contributed by atoms with Gasteiger partial charge in [-0.05, 0) is 74.5 Å². The monoisotopic (exact) mass is 472 g/mol. The first-order valence-electron chi connectivity index (χ1n) is 10.4. The van der Waals surface area contributed by atoms with E-state index in [-0.39, 0.29) is 22.9 Å². The van der Waals surface area contributed by atoms with Crippen molar-refractivity contribution < 1.29 is 29.7 Å². The highest BCUT2D eigenvalue weighted by molar-refractivity contribution is 6.29. The molecule has 176 valence electrons. The number of rotatable bonds is 6. The minimum absolute atomic E-state index is 0.105. The third-order valence-corrected chi connectivity index (χ3v) is 5.39. The molecule has 3 aromatic rings. The van der Waals surface area contributed by atoms with Crippen LogP contribution < -0.4 is 5.01 Å². The number of carboxylic acid groups (broad SMARTS) is 2. The molecular weight excluding hydrogens is 452 g/mol. The maximum atomic E-state index is 12.9. The Morgan fingerprint density at radius 3 is 1.97 bits per heavy atom. The van der Waals surface area contributed by atoms with Crippen molar-refractivity contribution in [2.75, 3.05) is 5.01 Å². The molecule has 0 aliphatic carbocycles. The minimum Gasteiger partial charge on any atom is -0.493 e. The van der Waals surface area contributed by atoms with Crippen molar-refractivity contribution in [3.63, 3.8) is 0 Å². The normalized spacial score (nSPS) is 14.7. The second-order valence-electron chi connectivity index (χ2n) is 7.68. The van der Waals surface area contributed by atoms with Gasteiger partial charge in [-0.25, -0.2) is 14.3 Å². The number of benzene rings is 2. The van der Waals surface area contributed by atoms with Crippen molar-refractivity contribution >= 4 is 35.3 Å². The zero-order chi connectivity index (χ0) is 25.3.